The first-order chi connectivity index (χ1) is 34.2. The van der Waals surface area contributed by atoms with Crippen molar-refractivity contribution in [2.75, 3.05) is 26.4 Å². The molecule has 0 aliphatic heterocycles. The second-order valence-electron chi connectivity index (χ2n) is 18.6. The molecule has 4 heterocycles. The fraction of sp³-hybridized carbons (Fsp3) is 0.462. The van der Waals surface area contributed by atoms with E-state index in [1.54, 1.807) is 25.3 Å². The number of esters is 2. The van der Waals surface area contributed by atoms with Gasteiger partial charge in [-0.3, -0.25) is 9.59 Å². The number of halogens is 7. The molecular weight excluding hydrogens is 1010 g/mol. The lowest BCUT2D eigenvalue weighted by Gasteiger charge is -2.20. The summed E-state index contributed by atoms with van der Waals surface area (Å²) in [6.07, 6.45) is 1.98. The highest BCUT2D eigenvalue weighted by molar-refractivity contribution is 9.10. The number of benzene rings is 2. The number of fused-ring (bicyclic) bond motifs is 2. The summed E-state index contributed by atoms with van der Waals surface area (Å²) in [7, 11) is 0.444. The van der Waals surface area contributed by atoms with Gasteiger partial charge in [0.05, 0.1) is 42.7 Å². The predicted octanol–water partition coefficient (Wildman–Crippen LogP) is 12.7. The van der Waals surface area contributed by atoms with Crippen molar-refractivity contribution in [3.8, 4) is 28.4 Å². The highest BCUT2D eigenvalue weighted by Crippen LogP contribution is 2.39. The van der Waals surface area contributed by atoms with E-state index in [1.807, 2.05) is 57.2 Å². The van der Waals surface area contributed by atoms with Crippen LogP contribution in [-0.4, -0.2) is 69.8 Å². The average Bonchev–Trinajstić information content (AvgIpc) is 4.25. The summed E-state index contributed by atoms with van der Waals surface area (Å²) in [5.41, 5.74) is 1.53. The molecule has 6 aromatic rings. The Morgan fingerprint density at radius 1 is 0.694 bits per heavy atom. The van der Waals surface area contributed by atoms with Crippen LogP contribution < -0.4 is 14.1 Å². The minimum Gasteiger partial charge on any atom is -0.537 e. The number of carbonyl (C=O) groups is 2. The largest absolute Gasteiger partial charge is 0.569 e. The molecule has 2 unspecified atom stereocenters. The quantitative estimate of drug-likeness (QED) is 0.0474. The number of carbonyl (C=O) groups excluding carboxylic acids is 2. The van der Waals surface area contributed by atoms with Gasteiger partial charge in [-0.2, -0.15) is 26.3 Å². The van der Waals surface area contributed by atoms with Gasteiger partial charge < -0.3 is 37.4 Å². The van der Waals surface area contributed by atoms with Gasteiger partial charge >= 0.3 is 32.0 Å². The van der Waals surface area contributed by atoms with Crippen molar-refractivity contribution in [2.45, 2.75) is 104 Å². The molecule has 12 nitrogen and oxygen atoms in total. The lowest BCUT2D eigenvalue weighted by Crippen LogP contribution is -2.18. The predicted molar refractivity (Wildman–Crippen MR) is 263 cm³/mol. The van der Waals surface area contributed by atoms with Crippen LogP contribution in [0.5, 0.6) is 17.2 Å². The maximum Gasteiger partial charge on any atom is 0.569 e. The van der Waals surface area contributed by atoms with Crippen molar-refractivity contribution in [3.63, 3.8) is 0 Å². The number of hydrogen-bond donors (Lipinski definition) is 1. The van der Waals surface area contributed by atoms with E-state index in [9.17, 15) is 35.9 Å². The topological polar surface area (TPSA) is 135 Å². The van der Waals surface area contributed by atoms with Gasteiger partial charge in [-0.05, 0) is 151 Å². The van der Waals surface area contributed by atoms with Crippen molar-refractivity contribution < 1.29 is 64.6 Å². The molecule has 387 valence electrons. The van der Waals surface area contributed by atoms with Crippen LogP contribution in [0.1, 0.15) is 114 Å². The van der Waals surface area contributed by atoms with E-state index >= 15 is 0 Å². The molecule has 1 radical (unpaired) electrons. The molecule has 2 aliphatic rings. The normalized spacial score (nSPS) is 14.5. The van der Waals surface area contributed by atoms with Crippen LogP contribution in [0, 0.1) is 23.7 Å². The number of rotatable bonds is 19. The molecule has 2 aliphatic carbocycles. The van der Waals surface area contributed by atoms with Crippen LogP contribution >= 0.6 is 15.9 Å². The minimum atomic E-state index is -4.52. The van der Waals surface area contributed by atoms with Gasteiger partial charge in [0.15, 0.2) is 11.4 Å². The zero-order valence-corrected chi connectivity index (χ0v) is 42.5. The monoisotopic (exact) mass is 1070 g/mol. The Morgan fingerprint density at radius 2 is 1.17 bits per heavy atom. The van der Waals surface area contributed by atoms with E-state index in [0.717, 1.165) is 71.1 Å². The first kappa shape index (κ1) is 55.6. The fourth-order valence-corrected chi connectivity index (χ4v) is 8.15. The van der Waals surface area contributed by atoms with Gasteiger partial charge in [0.25, 0.3) is 0 Å². The van der Waals surface area contributed by atoms with Gasteiger partial charge in [-0.15, -0.1) is 0 Å². The van der Waals surface area contributed by atoms with Gasteiger partial charge in [0.1, 0.15) is 28.5 Å². The number of hydrogen-bond acceptors (Lipinski definition) is 10. The summed E-state index contributed by atoms with van der Waals surface area (Å²) in [5.74, 6) is 2.56. The Morgan fingerprint density at radius 3 is 1.62 bits per heavy atom. The standard InChI is InChI=1S/C26H29F3N2O3.C18H25BrO3.C8H5BF3N2O2/c1-4-33-25(32)21(11-16(2)3)18-7-8-22(34-15-17-5-6-17)20(12-18)19-9-10-31-14-23(26(27,28)29)30-24(31)13-19;1-4-21-18(20)15(9-12(2)3)14-7-8-17(16(19)10-14)22-11-13-5-6-13;10-8(11,12)6-4-14-2-1-5(16-9-15)3-7(14)13-6/h7-10,12-14,16-17,21H,4-6,11,15H2,1-3H3;7-8,10,12-13,15H,4-6,9,11H2,1-3H3;1-4,15H. The number of ether oxygens (including phenoxy) is 4. The molecule has 2 aromatic carbocycles. The van der Waals surface area contributed by atoms with E-state index in [0.29, 0.717) is 57.1 Å². The lowest BCUT2D eigenvalue weighted by atomic mass is 9.88. The molecular formula is C52H59BBrF6N4O8. The Balaban J connectivity index is 0.000000191. The molecule has 2 saturated carbocycles. The molecule has 0 saturated heterocycles. The summed E-state index contributed by atoms with van der Waals surface area (Å²) < 4.78 is 107. The van der Waals surface area contributed by atoms with Crippen LogP contribution in [-0.2, 0) is 31.4 Å². The molecule has 2 fully saturated rings. The van der Waals surface area contributed by atoms with Crippen LogP contribution in [0.3, 0.4) is 0 Å². The van der Waals surface area contributed by atoms with Crippen LogP contribution in [0.25, 0.3) is 22.4 Å². The summed E-state index contributed by atoms with van der Waals surface area (Å²) >= 11 is 3.56. The highest BCUT2D eigenvalue weighted by Gasteiger charge is 2.35. The number of aromatic nitrogens is 4. The molecule has 0 amide bonds. The first-order valence-corrected chi connectivity index (χ1v) is 24.7. The smallest absolute Gasteiger partial charge is 0.537 e. The zero-order valence-electron chi connectivity index (χ0n) is 40.9. The first-order valence-electron chi connectivity index (χ1n) is 23.9. The third kappa shape index (κ3) is 15.9. The molecule has 72 heavy (non-hydrogen) atoms. The van der Waals surface area contributed by atoms with Crippen LogP contribution in [0.15, 0.2) is 89.9 Å². The second-order valence-corrected chi connectivity index (χ2v) is 19.5. The molecule has 1 N–H and O–H groups in total. The second kappa shape index (κ2) is 24.8. The van der Waals surface area contributed by atoms with Gasteiger partial charge in [0.2, 0.25) is 0 Å². The van der Waals surface area contributed by atoms with E-state index < -0.39 is 29.7 Å². The Hall–Kier alpha value is -5.76. The molecule has 0 spiro atoms. The lowest BCUT2D eigenvalue weighted by molar-refractivity contribution is -0.146. The van der Waals surface area contributed by atoms with Crippen LogP contribution in [0.2, 0.25) is 0 Å². The van der Waals surface area contributed by atoms with E-state index in [1.165, 1.54) is 40.0 Å². The number of nitrogens with zero attached hydrogens (tertiary/aromatic N) is 4. The summed E-state index contributed by atoms with van der Waals surface area (Å²) in [6.45, 7) is 14.0. The van der Waals surface area contributed by atoms with Crippen molar-refractivity contribution in [3.05, 3.63) is 112 Å². The zero-order chi connectivity index (χ0) is 52.3. The van der Waals surface area contributed by atoms with Crippen molar-refractivity contribution in [2.24, 2.45) is 23.7 Å². The summed E-state index contributed by atoms with van der Waals surface area (Å²) in [5, 5.41) is 8.37. The van der Waals surface area contributed by atoms with E-state index in [2.05, 4.69) is 44.4 Å². The van der Waals surface area contributed by atoms with E-state index in [-0.39, 0.29) is 40.8 Å². The third-order valence-corrected chi connectivity index (χ3v) is 12.3. The highest BCUT2D eigenvalue weighted by atomic mass is 79.9. The summed E-state index contributed by atoms with van der Waals surface area (Å²) in [6, 6.07) is 17.6. The van der Waals surface area contributed by atoms with E-state index in [4.69, 9.17) is 24.0 Å². The molecule has 0 bridgehead atoms. The maximum atomic E-state index is 13.1. The minimum absolute atomic E-state index is 0.0895. The molecule has 8 rings (SSSR count). The molecule has 2 atom stereocenters. The average molecular weight is 1070 g/mol. The fourth-order valence-electron chi connectivity index (χ4n) is 7.64. The number of alkyl halides is 6. The molecule has 20 heteroatoms. The van der Waals surface area contributed by atoms with Gasteiger partial charge in [-0.1, -0.05) is 39.8 Å². The Bertz CT molecular complexity index is 2760. The van der Waals surface area contributed by atoms with Crippen molar-refractivity contribution in [1.29, 1.82) is 0 Å². The van der Waals surface area contributed by atoms with Crippen molar-refractivity contribution in [1.82, 2.24) is 18.8 Å². The SMILES string of the molecule is CCOC(=O)C(CC(C)C)c1ccc(OCC2CC2)c(-c2ccn3cc(C(F)(F)F)nc3c2)c1.CCOC(=O)C(CC(C)C)c1ccc(OCC2CC2)c(Br)c1.O[B]Oc1ccn2cc(C(F)(F)F)nc2c1. The number of pyridine rings is 2. The third-order valence-electron chi connectivity index (χ3n) is 11.6. The van der Waals surface area contributed by atoms with Crippen molar-refractivity contribution >= 4 is 46.8 Å². The Labute approximate surface area is 423 Å². The van der Waals surface area contributed by atoms with Crippen LogP contribution in [0.4, 0.5) is 26.3 Å². The number of imidazole rings is 2. The maximum absolute atomic E-state index is 13.1. The van der Waals surface area contributed by atoms with Gasteiger partial charge in [0, 0.05) is 36.4 Å². The van der Waals surface area contributed by atoms with Gasteiger partial charge in [-0.25, -0.2) is 9.97 Å². The summed E-state index contributed by atoms with van der Waals surface area (Å²) in [4.78, 5) is 32.1. The molecule has 4 aromatic heterocycles. The Kier molecular flexibility index (Phi) is 19.1.